The van der Waals surface area contributed by atoms with E-state index in [1.54, 1.807) is 12.4 Å². The van der Waals surface area contributed by atoms with E-state index in [2.05, 4.69) is 51.8 Å². The number of Topliss-reactive ketones (excluding diaryl/α,β-unsaturated/α-hetero) is 1. The van der Waals surface area contributed by atoms with E-state index in [9.17, 15) is 4.79 Å². The Bertz CT molecular complexity index is 816. The highest BCUT2D eigenvalue weighted by Crippen LogP contribution is 2.38. The van der Waals surface area contributed by atoms with Gasteiger partial charge in [-0.1, -0.05) is 71.9 Å². The fourth-order valence-corrected chi connectivity index (χ4v) is 2.84. The lowest BCUT2D eigenvalue weighted by Gasteiger charge is -2.31. The van der Waals surface area contributed by atoms with Crippen LogP contribution in [0.1, 0.15) is 54.0 Å². The summed E-state index contributed by atoms with van der Waals surface area (Å²) in [5.41, 5.74) is 4.26. The number of nitrogens with zero attached hydrogens (tertiary/aromatic N) is 2. The Hall–Kier alpha value is -2.55. The first-order valence-electron chi connectivity index (χ1n) is 9.31. The third kappa shape index (κ3) is 5.46. The van der Waals surface area contributed by atoms with Gasteiger partial charge in [0.25, 0.3) is 0 Å². The summed E-state index contributed by atoms with van der Waals surface area (Å²) >= 11 is 0. The van der Waals surface area contributed by atoms with Gasteiger partial charge in [0.2, 0.25) is 0 Å². The highest BCUT2D eigenvalue weighted by atomic mass is 16.1. The van der Waals surface area contributed by atoms with Crippen LogP contribution in [0, 0.1) is 10.8 Å². The van der Waals surface area contributed by atoms with E-state index >= 15 is 0 Å². The van der Waals surface area contributed by atoms with Crippen molar-refractivity contribution in [3.05, 3.63) is 77.2 Å². The van der Waals surface area contributed by atoms with Crippen molar-refractivity contribution in [2.45, 2.75) is 48.5 Å². The molecule has 2 rings (SSSR count). The van der Waals surface area contributed by atoms with Gasteiger partial charge in [-0.3, -0.25) is 4.79 Å². The van der Waals surface area contributed by atoms with Crippen LogP contribution >= 0.6 is 0 Å². The van der Waals surface area contributed by atoms with Crippen molar-refractivity contribution < 1.29 is 4.79 Å². The molecule has 0 radical (unpaired) electrons. The molecule has 3 heteroatoms. The largest absolute Gasteiger partial charge is 0.289 e. The van der Waals surface area contributed by atoms with Gasteiger partial charge in [0, 0.05) is 11.1 Å². The molecular weight excluding hydrogens is 332 g/mol. The summed E-state index contributed by atoms with van der Waals surface area (Å²) in [6.45, 7) is 14.4. The van der Waals surface area contributed by atoms with Crippen LogP contribution in [0.25, 0.3) is 5.57 Å². The number of allylic oxidation sites excluding steroid dienone is 6. The second-order valence-electron chi connectivity index (χ2n) is 8.98. The first kappa shape index (κ1) is 20.8. The zero-order valence-electron chi connectivity index (χ0n) is 17.5. The molecule has 0 aliphatic heterocycles. The molecule has 1 aliphatic rings. The van der Waals surface area contributed by atoms with E-state index in [1.807, 2.05) is 49.4 Å². The highest BCUT2D eigenvalue weighted by Gasteiger charge is 2.33. The fraction of sp³-hybridized carbons (Fsp3) is 0.375. The molecule has 0 saturated heterocycles. The summed E-state index contributed by atoms with van der Waals surface area (Å²) in [5.74, 6) is 0.129. The maximum atomic E-state index is 12.9. The summed E-state index contributed by atoms with van der Waals surface area (Å²) < 4.78 is 0. The Balaban J connectivity index is 2.32. The molecule has 0 amide bonds. The van der Waals surface area contributed by atoms with Crippen LogP contribution in [0.4, 0.5) is 0 Å². The Kier molecular flexibility index (Phi) is 6.15. The molecule has 0 atom stereocenters. The van der Waals surface area contributed by atoms with E-state index in [-0.39, 0.29) is 16.6 Å². The molecule has 0 unspecified atom stereocenters. The lowest BCUT2D eigenvalue weighted by molar-refractivity contribution is -0.114. The summed E-state index contributed by atoms with van der Waals surface area (Å²) in [6, 6.07) is 10.1. The number of ketones is 1. The third-order valence-electron chi connectivity index (χ3n) is 4.48. The van der Waals surface area contributed by atoms with E-state index in [0.29, 0.717) is 0 Å². The number of carbonyl (C=O) groups excluding carboxylic acids is 1. The van der Waals surface area contributed by atoms with Crippen LogP contribution in [-0.4, -0.2) is 5.78 Å². The minimum atomic E-state index is -0.220. The standard InChI is InChI=1S/C24H30N2O/c1-17(19-11-9-8-10-12-19)15-25-26-16-18-13-20(23(2,3)4)22(27)21(14-18)24(5,6)7/h8-16H,1-7H3/b17-15+,26-25?. The SMILES string of the molecule is C/C(=C\N=NC=C1C=C(C(C)(C)C)C(=O)C(C(C)(C)C)=C1)c1ccccc1. The second kappa shape index (κ2) is 7.99. The van der Waals surface area contributed by atoms with Crippen LogP contribution in [0.15, 0.2) is 81.8 Å². The molecule has 0 aromatic heterocycles. The van der Waals surface area contributed by atoms with Crippen LogP contribution < -0.4 is 0 Å². The molecule has 3 nitrogen and oxygen atoms in total. The van der Waals surface area contributed by atoms with Gasteiger partial charge in [0.05, 0.1) is 12.4 Å². The molecule has 0 heterocycles. The third-order valence-corrected chi connectivity index (χ3v) is 4.48. The van der Waals surface area contributed by atoms with Crippen LogP contribution in [-0.2, 0) is 4.79 Å². The van der Waals surface area contributed by atoms with Gasteiger partial charge < -0.3 is 0 Å². The van der Waals surface area contributed by atoms with Gasteiger partial charge in [0.15, 0.2) is 5.78 Å². The van der Waals surface area contributed by atoms with Gasteiger partial charge in [-0.15, -0.1) is 0 Å². The Labute approximate surface area is 163 Å². The first-order valence-corrected chi connectivity index (χ1v) is 9.31. The fourth-order valence-electron chi connectivity index (χ4n) is 2.84. The highest BCUT2D eigenvalue weighted by molar-refractivity contribution is 6.11. The number of hydrogen-bond donors (Lipinski definition) is 0. The van der Waals surface area contributed by atoms with Crippen LogP contribution in [0.5, 0.6) is 0 Å². The number of benzene rings is 1. The smallest absolute Gasteiger partial charge is 0.186 e. The second-order valence-corrected chi connectivity index (χ2v) is 8.98. The lowest BCUT2D eigenvalue weighted by atomic mass is 9.72. The minimum Gasteiger partial charge on any atom is -0.289 e. The minimum absolute atomic E-state index is 0.129. The van der Waals surface area contributed by atoms with E-state index in [4.69, 9.17) is 0 Å². The maximum Gasteiger partial charge on any atom is 0.186 e. The van der Waals surface area contributed by atoms with Crippen molar-refractivity contribution in [3.8, 4) is 0 Å². The molecule has 27 heavy (non-hydrogen) atoms. The quantitative estimate of drug-likeness (QED) is 0.538. The van der Waals surface area contributed by atoms with Crippen LogP contribution in [0.3, 0.4) is 0 Å². The molecule has 0 fully saturated rings. The molecule has 142 valence electrons. The zero-order chi connectivity index (χ0) is 20.2. The monoisotopic (exact) mass is 362 g/mol. The molecule has 1 aliphatic carbocycles. The number of carbonyl (C=O) groups is 1. The summed E-state index contributed by atoms with van der Waals surface area (Å²) in [4.78, 5) is 12.9. The molecule has 1 aromatic carbocycles. The maximum absolute atomic E-state index is 12.9. The van der Waals surface area contributed by atoms with Gasteiger partial charge in [0.1, 0.15) is 0 Å². The Morgan fingerprint density at radius 1 is 0.852 bits per heavy atom. The average Bonchev–Trinajstić information content (AvgIpc) is 2.58. The molecule has 0 N–H and O–H groups in total. The summed E-state index contributed by atoms with van der Waals surface area (Å²) in [5, 5.41) is 8.38. The topological polar surface area (TPSA) is 41.8 Å². The molecular formula is C24H30N2O. The molecule has 0 spiro atoms. The Morgan fingerprint density at radius 2 is 1.37 bits per heavy atom. The van der Waals surface area contributed by atoms with Gasteiger partial charge >= 0.3 is 0 Å². The number of azo groups is 1. The summed E-state index contributed by atoms with van der Waals surface area (Å²) in [7, 11) is 0. The average molecular weight is 363 g/mol. The first-order chi connectivity index (χ1) is 12.5. The van der Waals surface area contributed by atoms with Gasteiger partial charge in [-0.05, 0) is 46.6 Å². The molecule has 0 bridgehead atoms. The van der Waals surface area contributed by atoms with E-state index < -0.39 is 0 Å². The van der Waals surface area contributed by atoms with Gasteiger partial charge in [-0.2, -0.15) is 10.2 Å². The molecule has 1 aromatic rings. The number of hydrogen-bond acceptors (Lipinski definition) is 3. The van der Waals surface area contributed by atoms with Crippen molar-refractivity contribution in [1.82, 2.24) is 0 Å². The van der Waals surface area contributed by atoms with Crippen molar-refractivity contribution in [2.75, 3.05) is 0 Å². The predicted molar refractivity (Wildman–Crippen MR) is 113 cm³/mol. The Morgan fingerprint density at radius 3 is 1.85 bits per heavy atom. The predicted octanol–water partition coefficient (Wildman–Crippen LogP) is 6.91. The number of rotatable bonds is 3. The van der Waals surface area contributed by atoms with E-state index in [0.717, 1.165) is 27.9 Å². The molecule has 0 saturated carbocycles. The van der Waals surface area contributed by atoms with Gasteiger partial charge in [-0.25, -0.2) is 0 Å². The van der Waals surface area contributed by atoms with Crippen LogP contribution in [0.2, 0.25) is 0 Å². The van der Waals surface area contributed by atoms with Crippen molar-refractivity contribution in [3.63, 3.8) is 0 Å². The van der Waals surface area contributed by atoms with Crippen molar-refractivity contribution >= 4 is 11.4 Å². The normalized spacial score (nSPS) is 16.5. The summed E-state index contributed by atoms with van der Waals surface area (Å²) in [6.07, 6.45) is 7.34. The van der Waals surface area contributed by atoms with E-state index in [1.165, 1.54) is 0 Å². The lowest BCUT2D eigenvalue weighted by Crippen LogP contribution is -2.27. The zero-order valence-corrected chi connectivity index (χ0v) is 17.5. The van der Waals surface area contributed by atoms with Crippen molar-refractivity contribution in [1.29, 1.82) is 0 Å². The van der Waals surface area contributed by atoms with Crippen molar-refractivity contribution in [2.24, 2.45) is 21.1 Å².